The smallest absolute Gasteiger partial charge is 0.333 e. The molecule has 3 nitrogen and oxygen atoms in total. The molecule has 0 heterocycles. The molecule has 0 fully saturated rings. The highest BCUT2D eigenvalue weighted by molar-refractivity contribution is 5.86. The molecule has 0 aromatic carbocycles. The quantitative estimate of drug-likeness (QED) is 0.345. The molecule has 0 atom stereocenters. The standard InChI is InChI=1S/C16H27NO2/c1-5-7-8-9-10-11-12-17(6-2)13-14-19-16(18)15(3)4/h8-11H,3,5-7,12-14H2,1-2,4H3/b9-8+,11-10+. The summed E-state index contributed by atoms with van der Waals surface area (Å²) in [6.45, 7) is 12.4. The minimum Gasteiger partial charge on any atom is -0.461 e. The predicted molar refractivity (Wildman–Crippen MR) is 81.1 cm³/mol. The second kappa shape index (κ2) is 11.7. The number of nitrogens with zero attached hydrogens (tertiary/aromatic N) is 1. The Labute approximate surface area is 117 Å². The molecule has 0 unspecified atom stereocenters. The van der Waals surface area contributed by atoms with E-state index in [-0.39, 0.29) is 5.97 Å². The number of hydrogen-bond acceptors (Lipinski definition) is 3. The van der Waals surface area contributed by atoms with Crippen LogP contribution in [0.5, 0.6) is 0 Å². The maximum atomic E-state index is 11.2. The zero-order valence-electron chi connectivity index (χ0n) is 12.5. The largest absolute Gasteiger partial charge is 0.461 e. The van der Waals surface area contributed by atoms with Gasteiger partial charge in [0.25, 0.3) is 0 Å². The van der Waals surface area contributed by atoms with E-state index in [0.29, 0.717) is 12.2 Å². The van der Waals surface area contributed by atoms with Crippen LogP contribution in [0.25, 0.3) is 0 Å². The van der Waals surface area contributed by atoms with Crippen LogP contribution in [0.1, 0.15) is 33.6 Å². The van der Waals surface area contributed by atoms with Crippen molar-refractivity contribution in [3.8, 4) is 0 Å². The van der Waals surface area contributed by atoms with Crippen LogP contribution < -0.4 is 0 Å². The van der Waals surface area contributed by atoms with Crippen molar-refractivity contribution < 1.29 is 9.53 Å². The molecule has 0 spiro atoms. The Morgan fingerprint density at radius 3 is 2.53 bits per heavy atom. The van der Waals surface area contributed by atoms with Gasteiger partial charge >= 0.3 is 5.97 Å². The van der Waals surface area contributed by atoms with Gasteiger partial charge in [0, 0.05) is 18.7 Å². The molecule has 0 saturated carbocycles. The van der Waals surface area contributed by atoms with Gasteiger partial charge in [0.2, 0.25) is 0 Å². The van der Waals surface area contributed by atoms with E-state index in [1.807, 2.05) is 0 Å². The highest BCUT2D eigenvalue weighted by Gasteiger charge is 2.04. The van der Waals surface area contributed by atoms with Crippen molar-refractivity contribution in [1.82, 2.24) is 4.90 Å². The Hall–Kier alpha value is -1.35. The average Bonchev–Trinajstić information content (AvgIpc) is 2.40. The molecule has 0 saturated heterocycles. The molecule has 0 radical (unpaired) electrons. The van der Waals surface area contributed by atoms with E-state index in [1.54, 1.807) is 6.92 Å². The maximum Gasteiger partial charge on any atom is 0.333 e. The number of hydrogen-bond donors (Lipinski definition) is 0. The van der Waals surface area contributed by atoms with E-state index in [4.69, 9.17) is 4.74 Å². The monoisotopic (exact) mass is 265 g/mol. The second-order valence-corrected chi connectivity index (χ2v) is 4.45. The first-order valence-electron chi connectivity index (χ1n) is 6.98. The van der Waals surface area contributed by atoms with Gasteiger partial charge in [-0.25, -0.2) is 4.79 Å². The molecular formula is C16H27NO2. The third-order valence-electron chi connectivity index (χ3n) is 2.64. The molecule has 108 valence electrons. The predicted octanol–water partition coefficient (Wildman–Crippen LogP) is 3.34. The summed E-state index contributed by atoms with van der Waals surface area (Å²) < 4.78 is 5.08. The molecular weight excluding hydrogens is 238 g/mol. The van der Waals surface area contributed by atoms with Gasteiger partial charge in [-0.1, -0.05) is 51.2 Å². The Bertz CT molecular complexity index is 319. The zero-order chi connectivity index (χ0) is 14.5. The van der Waals surface area contributed by atoms with Crippen molar-refractivity contribution in [2.75, 3.05) is 26.2 Å². The first-order valence-corrected chi connectivity index (χ1v) is 6.98. The summed E-state index contributed by atoms with van der Waals surface area (Å²) in [7, 11) is 0. The summed E-state index contributed by atoms with van der Waals surface area (Å²) in [6, 6.07) is 0. The van der Waals surface area contributed by atoms with Crippen molar-refractivity contribution in [3.63, 3.8) is 0 Å². The minimum atomic E-state index is -0.311. The van der Waals surface area contributed by atoms with Crippen LogP contribution in [0.3, 0.4) is 0 Å². The number of ether oxygens (including phenoxy) is 1. The molecule has 0 aliphatic heterocycles. The number of esters is 1. The maximum absolute atomic E-state index is 11.2. The third-order valence-corrected chi connectivity index (χ3v) is 2.64. The summed E-state index contributed by atoms with van der Waals surface area (Å²) in [5.74, 6) is -0.311. The highest BCUT2D eigenvalue weighted by atomic mass is 16.5. The van der Waals surface area contributed by atoms with Gasteiger partial charge in [-0.15, -0.1) is 0 Å². The van der Waals surface area contributed by atoms with E-state index in [1.165, 1.54) is 6.42 Å². The lowest BCUT2D eigenvalue weighted by atomic mass is 10.3. The second-order valence-electron chi connectivity index (χ2n) is 4.45. The summed E-state index contributed by atoms with van der Waals surface area (Å²) in [5, 5.41) is 0. The van der Waals surface area contributed by atoms with Crippen LogP contribution in [0, 0.1) is 0 Å². The van der Waals surface area contributed by atoms with Crippen molar-refractivity contribution in [2.45, 2.75) is 33.6 Å². The van der Waals surface area contributed by atoms with Crippen LogP contribution in [0.2, 0.25) is 0 Å². The van der Waals surface area contributed by atoms with Crippen LogP contribution in [0.4, 0.5) is 0 Å². The molecule has 0 N–H and O–H groups in total. The van der Waals surface area contributed by atoms with Gasteiger partial charge in [0.05, 0.1) is 0 Å². The molecule has 0 aliphatic carbocycles. The first-order chi connectivity index (χ1) is 9.11. The molecule has 0 aromatic heterocycles. The average molecular weight is 265 g/mol. The number of likely N-dealkylation sites (N-methyl/N-ethyl adjacent to an activating group) is 1. The third kappa shape index (κ3) is 10.3. The fourth-order valence-corrected chi connectivity index (χ4v) is 1.40. The van der Waals surface area contributed by atoms with Crippen LogP contribution in [0.15, 0.2) is 36.5 Å². The SMILES string of the molecule is C=C(C)C(=O)OCCN(CC)C/C=C/C=C/CCC. The van der Waals surface area contributed by atoms with Gasteiger partial charge in [-0.3, -0.25) is 4.90 Å². The highest BCUT2D eigenvalue weighted by Crippen LogP contribution is 1.95. The van der Waals surface area contributed by atoms with Gasteiger partial charge in [-0.05, 0) is 19.9 Å². The Kier molecular flexibility index (Phi) is 10.9. The van der Waals surface area contributed by atoms with Crippen molar-refractivity contribution in [1.29, 1.82) is 0 Å². The summed E-state index contributed by atoms with van der Waals surface area (Å²) in [6.07, 6.45) is 10.7. The van der Waals surface area contributed by atoms with E-state index in [0.717, 1.165) is 26.1 Å². The molecule has 0 aromatic rings. The van der Waals surface area contributed by atoms with Gasteiger partial charge in [-0.2, -0.15) is 0 Å². The van der Waals surface area contributed by atoms with Crippen LogP contribution in [-0.4, -0.2) is 37.1 Å². The van der Waals surface area contributed by atoms with Crippen LogP contribution in [-0.2, 0) is 9.53 Å². The lowest BCUT2D eigenvalue weighted by Crippen LogP contribution is -2.28. The fourth-order valence-electron chi connectivity index (χ4n) is 1.40. The minimum absolute atomic E-state index is 0.311. The summed E-state index contributed by atoms with van der Waals surface area (Å²) in [4.78, 5) is 13.4. The number of carbonyl (C=O) groups excluding carboxylic acids is 1. The number of unbranched alkanes of at least 4 members (excludes halogenated alkanes) is 1. The van der Waals surface area contributed by atoms with Crippen molar-refractivity contribution >= 4 is 5.97 Å². The van der Waals surface area contributed by atoms with Gasteiger partial charge in [0.1, 0.15) is 6.61 Å². The molecule has 0 aliphatic rings. The summed E-state index contributed by atoms with van der Waals surface area (Å²) >= 11 is 0. The topological polar surface area (TPSA) is 29.5 Å². The Morgan fingerprint density at radius 2 is 1.95 bits per heavy atom. The number of rotatable bonds is 10. The first kappa shape index (κ1) is 17.6. The molecule has 3 heteroatoms. The van der Waals surface area contributed by atoms with Crippen LogP contribution >= 0.6 is 0 Å². The number of allylic oxidation sites excluding steroid dienone is 3. The van der Waals surface area contributed by atoms with Gasteiger partial charge < -0.3 is 4.74 Å². The molecule has 19 heavy (non-hydrogen) atoms. The Morgan fingerprint density at radius 1 is 1.26 bits per heavy atom. The zero-order valence-corrected chi connectivity index (χ0v) is 12.5. The molecule has 0 amide bonds. The lowest BCUT2D eigenvalue weighted by molar-refractivity contribution is -0.139. The van der Waals surface area contributed by atoms with Gasteiger partial charge in [0.15, 0.2) is 0 Å². The fraction of sp³-hybridized carbons (Fsp3) is 0.562. The number of carbonyl (C=O) groups is 1. The summed E-state index contributed by atoms with van der Waals surface area (Å²) in [5.41, 5.74) is 0.448. The Balaban J connectivity index is 3.83. The van der Waals surface area contributed by atoms with E-state index >= 15 is 0 Å². The van der Waals surface area contributed by atoms with Crippen molar-refractivity contribution in [3.05, 3.63) is 36.5 Å². The lowest BCUT2D eigenvalue weighted by Gasteiger charge is -2.18. The van der Waals surface area contributed by atoms with E-state index in [2.05, 4.69) is 49.6 Å². The van der Waals surface area contributed by atoms with E-state index < -0.39 is 0 Å². The van der Waals surface area contributed by atoms with E-state index in [9.17, 15) is 4.79 Å². The molecule has 0 bridgehead atoms. The normalized spacial score (nSPS) is 11.6. The molecule has 0 rings (SSSR count). The van der Waals surface area contributed by atoms with Crippen molar-refractivity contribution in [2.24, 2.45) is 0 Å².